The first-order chi connectivity index (χ1) is 8.08. The molecule has 1 aliphatic carbocycles. The highest BCUT2D eigenvalue weighted by atomic mass is 16.5. The van der Waals surface area contributed by atoms with Crippen LogP contribution in [0.1, 0.15) is 29.5 Å². The van der Waals surface area contributed by atoms with Crippen molar-refractivity contribution < 1.29 is 19.4 Å². The molecule has 0 saturated heterocycles. The maximum atomic E-state index is 11.1. The number of carbonyl (C=O) groups is 1. The van der Waals surface area contributed by atoms with E-state index in [0.29, 0.717) is 17.9 Å². The molecular formula is C12H15NO4. The number of hydrogen-bond donors (Lipinski definition) is 2. The summed E-state index contributed by atoms with van der Waals surface area (Å²) < 4.78 is 10.3. The maximum absolute atomic E-state index is 11.1. The molecule has 5 heteroatoms. The summed E-state index contributed by atoms with van der Waals surface area (Å²) in [5.41, 5.74) is 7.48. The minimum Gasteiger partial charge on any atom is -0.493 e. The van der Waals surface area contributed by atoms with E-state index in [2.05, 4.69) is 0 Å². The Morgan fingerprint density at radius 2 is 1.82 bits per heavy atom. The van der Waals surface area contributed by atoms with E-state index in [4.69, 9.17) is 20.3 Å². The second-order valence-corrected chi connectivity index (χ2v) is 4.07. The van der Waals surface area contributed by atoms with Crippen LogP contribution in [0.25, 0.3) is 0 Å². The Morgan fingerprint density at radius 1 is 1.29 bits per heavy atom. The van der Waals surface area contributed by atoms with Gasteiger partial charge in [0.1, 0.15) is 0 Å². The number of carboxylic acid groups (broad SMARTS) is 1. The summed E-state index contributed by atoms with van der Waals surface area (Å²) in [6.07, 6.45) is 0.418. The average Bonchev–Trinajstić information content (AvgIpc) is 2.64. The van der Waals surface area contributed by atoms with Gasteiger partial charge < -0.3 is 20.3 Å². The molecule has 1 aromatic rings. The van der Waals surface area contributed by atoms with E-state index >= 15 is 0 Å². The van der Waals surface area contributed by atoms with Gasteiger partial charge in [0.25, 0.3) is 0 Å². The lowest BCUT2D eigenvalue weighted by Crippen LogP contribution is -2.10. The van der Waals surface area contributed by atoms with Crippen molar-refractivity contribution in [1.29, 1.82) is 0 Å². The van der Waals surface area contributed by atoms with Gasteiger partial charge in [0, 0.05) is 6.04 Å². The van der Waals surface area contributed by atoms with Gasteiger partial charge in [-0.05, 0) is 29.7 Å². The molecule has 92 valence electrons. The lowest BCUT2D eigenvalue weighted by atomic mass is 10.0. The fourth-order valence-corrected chi connectivity index (χ4v) is 2.28. The van der Waals surface area contributed by atoms with Crippen molar-refractivity contribution in [2.75, 3.05) is 14.2 Å². The van der Waals surface area contributed by atoms with Gasteiger partial charge in [-0.3, -0.25) is 4.79 Å². The predicted molar refractivity (Wildman–Crippen MR) is 61.5 cm³/mol. The summed E-state index contributed by atoms with van der Waals surface area (Å²) in [7, 11) is 3.06. The van der Waals surface area contributed by atoms with Crippen LogP contribution in [0.3, 0.4) is 0 Å². The average molecular weight is 237 g/mol. The molecule has 2 unspecified atom stereocenters. The number of hydrogen-bond acceptors (Lipinski definition) is 4. The number of nitrogens with two attached hydrogens (primary N) is 1. The molecule has 5 nitrogen and oxygen atoms in total. The van der Waals surface area contributed by atoms with Crippen molar-refractivity contribution >= 4 is 5.97 Å². The van der Waals surface area contributed by atoms with Crippen molar-refractivity contribution in [3.63, 3.8) is 0 Å². The van der Waals surface area contributed by atoms with E-state index in [1.54, 1.807) is 19.2 Å². The number of ether oxygens (including phenoxy) is 2. The molecule has 0 amide bonds. The van der Waals surface area contributed by atoms with Crippen molar-refractivity contribution in [2.24, 2.45) is 5.73 Å². The molecule has 0 spiro atoms. The minimum atomic E-state index is -0.855. The number of benzene rings is 1. The zero-order chi connectivity index (χ0) is 12.6. The number of carboxylic acids is 1. The van der Waals surface area contributed by atoms with Gasteiger partial charge in [-0.25, -0.2) is 0 Å². The summed E-state index contributed by atoms with van der Waals surface area (Å²) >= 11 is 0. The zero-order valence-corrected chi connectivity index (χ0v) is 9.77. The lowest BCUT2D eigenvalue weighted by molar-refractivity contribution is -0.138. The highest BCUT2D eigenvalue weighted by Gasteiger charge is 2.34. The minimum absolute atomic E-state index is 0.258. The van der Waals surface area contributed by atoms with Gasteiger partial charge in [-0.1, -0.05) is 0 Å². The topological polar surface area (TPSA) is 81.8 Å². The summed E-state index contributed by atoms with van der Waals surface area (Å²) in [4.78, 5) is 11.1. The maximum Gasteiger partial charge on any atom is 0.311 e. The first-order valence-corrected chi connectivity index (χ1v) is 5.32. The molecule has 0 aromatic heterocycles. The van der Waals surface area contributed by atoms with E-state index in [1.807, 2.05) is 0 Å². The number of fused-ring (bicyclic) bond motifs is 1. The molecule has 2 rings (SSSR count). The molecular weight excluding hydrogens is 222 g/mol. The van der Waals surface area contributed by atoms with Crippen molar-refractivity contribution in [3.8, 4) is 11.5 Å². The van der Waals surface area contributed by atoms with E-state index < -0.39 is 11.9 Å². The Hall–Kier alpha value is -1.75. The Kier molecular flexibility index (Phi) is 2.93. The zero-order valence-electron chi connectivity index (χ0n) is 9.77. The first-order valence-electron chi connectivity index (χ1n) is 5.32. The monoisotopic (exact) mass is 237 g/mol. The van der Waals surface area contributed by atoms with Gasteiger partial charge >= 0.3 is 5.97 Å². The lowest BCUT2D eigenvalue weighted by Gasteiger charge is -2.12. The van der Waals surface area contributed by atoms with Gasteiger partial charge in [-0.15, -0.1) is 0 Å². The molecule has 0 radical (unpaired) electrons. The first kappa shape index (κ1) is 11.7. The quantitative estimate of drug-likeness (QED) is 0.827. The van der Waals surface area contributed by atoms with Crippen LogP contribution in [0.2, 0.25) is 0 Å². The van der Waals surface area contributed by atoms with Gasteiger partial charge in [0.05, 0.1) is 20.1 Å². The summed E-state index contributed by atoms with van der Waals surface area (Å²) in [6.45, 7) is 0. The van der Waals surface area contributed by atoms with E-state index in [1.165, 1.54) is 7.11 Å². The van der Waals surface area contributed by atoms with Crippen LogP contribution in [0, 0.1) is 0 Å². The summed E-state index contributed by atoms with van der Waals surface area (Å²) in [5.74, 6) is -0.300. The van der Waals surface area contributed by atoms with E-state index in [0.717, 1.165) is 11.1 Å². The van der Waals surface area contributed by atoms with Crippen LogP contribution in [0.5, 0.6) is 11.5 Å². The van der Waals surface area contributed by atoms with Crippen LogP contribution in [0.4, 0.5) is 0 Å². The molecule has 0 aliphatic heterocycles. The summed E-state index contributed by atoms with van der Waals surface area (Å²) in [6, 6.07) is 3.22. The fraction of sp³-hybridized carbons (Fsp3) is 0.417. The Balaban J connectivity index is 2.54. The van der Waals surface area contributed by atoms with Gasteiger partial charge in [-0.2, -0.15) is 0 Å². The smallest absolute Gasteiger partial charge is 0.311 e. The molecule has 0 heterocycles. The summed E-state index contributed by atoms with van der Waals surface area (Å²) in [5, 5.41) is 9.14. The third kappa shape index (κ3) is 1.82. The molecule has 0 saturated carbocycles. The van der Waals surface area contributed by atoms with Crippen LogP contribution in [-0.4, -0.2) is 25.3 Å². The molecule has 0 fully saturated rings. The highest BCUT2D eigenvalue weighted by molar-refractivity contribution is 5.79. The van der Waals surface area contributed by atoms with Crippen molar-refractivity contribution in [2.45, 2.75) is 18.4 Å². The third-order valence-electron chi connectivity index (χ3n) is 3.15. The number of rotatable bonds is 3. The Labute approximate surface area is 99.1 Å². The normalized spacial score (nSPS) is 22.1. The second kappa shape index (κ2) is 4.25. The predicted octanol–water partition coefficient (Wildman–Crippen LogP) is 1.28. The van der Waals surface area contributed by atoms with Crippen molar-refractivity contribution in [3.05, 3.63) is 23.3 Å². The van der Waals surface area contributed by atoms with Gasteiger partial charge in [0.15, 0.2) is 11.5 Å². The second-order valence-electron chi connectivity index (χ2n) is 4.07. The molecule has 3 N–H and O–H groups in total. The SMILES string of the molecule is COc1cc2c(cc1OC)C(C(=O)O)CC2N. The van der Waals surface area contributed by atoms with Crippen LogP contribution >= 0.6 is 0 Å². The highest BCUT2D eigenvalue weighted by Crippen LogP contribution is 2.44. The Morgan fingerprint density at radius 3 is 2.29 bits per heavy atom. The fourth-order valence-electron chi connectivity index (χ4n) is 2.28. The standard InChI is InChI=1S/C12H15NO4/c1-16-10-4-6-7(5-11(10)17-2)9(13)3-8(6)12(14)15/h4-5,8-9H,3,13H2,1-2H3,(H,14,15). The molecule has 2 atom stereocenters. The van der Waals surface area contributed by atoms with E-state index in [-0.39, 0.29) is 6.04 Å². The molecule has 0 bridgehead atoms. The third-order valence-corrected chi connectivity index (χ3v) is 3.15. The van der Waals surface area contributed by atoms with Crippen LogP contribution in [0.15, 0.2) is 12.1 Å². The molecule has 17 heavy (non-hydrogen) atoms. The van der Waals surface area contributed by atoms with Crippen LogP contribution < -0.4 is 15.2 Å². The van der Waals surface area contributed by atoms with Gasteiger partial charge in [0.2, 0.25) is 0 Å². The molecule has 1 aliphatic rings. The number of aliphatic carboxylic acids is 1. The molecule has 1 aromatic carbocycles. The van der Waals surface area contributed by atoms with Crippen molar-refractivity contribution in [1.82, 2.24) is 0 Å². The van der Waals surface area contributed by atoms with Crippen LogP contribution in [-0.2, 0) is 4.79 Å². The number of methoxy groups -OCH3 is 2. The Bertz CT molecular complexity index is 458. The van der Waals surface area contributed by atoms with E-state index in [9.17, 15) is 4.79 Å². The largest absolute Gasteiger partial charge is 0.493 e.